The minimum Gasteiger partial charge on any atom is -0.339 e. The molecule has 6 heteroatoms. The van der Waals surface area contributed by atoms with Crippen molar-refractivity contribution in [2.24, 2.45) is 0 Å². The molecule has 0 aliphatic carbocycles. The highest BCUT2D eigenvalue weighted by Gasteiger charge is 2.10. The molecular weight excluding hydrogens is 292 g/mol. The predicted octanol–water partition coefficient (Wildman–Crippen LogP) is 2.63. The highest BCUT2D eigenvalue weighted by atomic mass is 16.5. The molecule has 23 heavy (non-hydrogen) atoms. The average molecular weight is 308 g/mol. The summed E-state index contributed by atoms with van der Waals surface area (Å²) in [6.45, 7) is 0. The van der Waals surface area contributed by atoms with Gasteiger partial charge in [0.1, 0.15) is 0 Å². The van der Waals surface area contributed by atoms with Crippen LogP contribution in [0.15, 0.2) is 59.4 Å². The van der Waals surface area contributed by atoms with Crippen LogP contribution < -0.4 is 5.32 Å². The summed E-state index contributed by atoms with van der Waals surface area (Å²) in [5, 5.41) is 6.71. The fourth-order valence-electron chi connectivity index (χ4n) is 2.12. The van der Waals surface area contributed by atoms with Gasteiger partial charge in [-0.1, -0.05) is 35.5 Å². The zero-order chi connectivity index (χ0) is 15.9. The number of aromatic nitrogens is 3. The molecule has 2 aromatic heterocycles. The second-order valence-corrected chi connectivity index (χ2v) is 5.06. The van der Waals surface area contributed by atoms with Crippen molar-refractivity contribution in [3.8, 4) is 0 Å². The number of nitrogens with zero attached hydrogens (tertiary/aromatic N) is 3. The van der Waals surface area contributed by atoms with Crippen molar-refractivity contribution in [3.05, 3.63) is 72.1 Å². The van der Waals surface area contributed by atoms with Crippen LogP contribution in [0.2, 0.25) is 0 Å². The van der Waals surface area contributed by atoms with Crippen LogP contribution in [0.5, 0.6) is 0 Å². The van der Waals surface area contributed by atoms with Crippen molar-refractivity contribution in [1.29, 1.82) is 0 Å². The molecule has 0 spiro atoms. The Hall–Kier alpha value is -3.02. The van der Waals surface area contributed by atoms with Gasteiger partial charge in [0.15, 0.2) is 5.82 Å². The molecule has 0 saturated heterocycles. The molecule has 0 bridgehead atoms. The fourth-order valence-corrected chi connectivity index (χ4v) is 2.12. The molecule has 0 radical (unpaired) electrons. The van der Waals surface area contributed by atoms with Crippen LogP contribution in [0.4, 0.5) is 5.69 Å². The van der Waals surface area contributed by atoms with E-state index >= 15 is 0 Å². The number of pyridine rings is 1. The highest BCUT2D eigenvalue weighted by molar-refractivity contribution is 5.90. The molecule has 1 aromatic carbocycles. The van der Waals surface area contributed by atoms with E-state index in [0.29, 0.717) is 30.2 Å². The summed E-state index contributed by atoms with van der Waals surface area (Å²) in [6.07, 6.45) is 4.56. The molecule has 116 valence electrons. The zero-order valence-electron chi connectivity index (χ0n) is 12.5. The molecule has 6 nitrogen and oxygen atoms in total. The largest absolute Gasteiger partial charge is 0.339 e. The van der Waals surface area contributed by atoms with Gasteiger partial charge in [-0.15, -0.1) is 0 Å². The van der Waals surface area contributed by atoms with Crippen molar-refractivity contribution in [2.75, 3.05) is 5.32 Å². The monoisotopic (exact) mass is 308 g/mol. The first kappa shape index (κ1) is 14.9. The Balaban J connectivity index is 1.50. The Morgan fingerprint density at radius 3 is 2.78 bits per heavy atom. The van der Waals surface area contributed by atoms with Gasteiger partial charge in [-0.25, -0.2) is 0 Å². The number of benzene rings is 1. The second kappa shape index (κ2) is 7.31. The van der Waals surface area contributed by atoms with Crippen molar-refractivity contribution >= 4 is 11.6 Å². The number of nitrogens with one attached hydrogen (secondary N) is 1. The Morgan fingerprint density at radius 2 is 2.00 bits per heavy atom. The molecule has 1 amide bonds. The first-order chi connectivity index (χ1) is 11.3. The lowest BCUT2D eigenvalue weighted by Crippen LogP contribution is -2.12. The van der Waals surface area contributed by atoms with Gasteiger partial charge in [-0.05, 0) is 17.7 Å². The summed E-state index contributed by atoms with van der Waals surface area (Å²) in [4.78, 5) is 20.1. The highest BCUT2D eigenvalue weighted by Crippen LogP contribution is 2.09. The molecule has 3 aromatic rings. The molecule has 0 unspecified atom stereocenters. The molecule has 0 fully saturated rings. The van der Waals surface area contributed by atoms with Gasteiger partial charge in [-0.2, -0.15) is 4.98 Å². The molecule has 0 atom stereocenters. The quantitative estimate of drug-likeness (QED) is 0.757. The van der Waals surface area contributed by atoms with E-state index in [0.717, 1.165) is 5.56 Å². The fraction of sp³-hybridized carbons (Fsp3) is 0.176. The van der Waals surface area contributed by atoms with Crippen LogP contribution in [-0.2, 0) is 17.6 Å². The molecule has 1 N–H and O–H groups in total. The number of hydrogen-bond acceptors (Lipinski definition) is 5. The van der Waals surface area contributed by atoms with Gasteiger partial charge in [0, 0.05) is 25.5 Å². The topological polar surface area (TPSA) is 80.9 Å². The summed E-state index contributed by atoms with van der Waals surface area (Å²) >= 11 is 0. The zero-order valence-corrected chi connectivity index (χ0v) is 12.5. The Morgan fingerprint density at radius 1 is 1.13 bits per heavy atom. The van der Waals surface area contributed by atoms with Gasteiger partial charge >= 0.3 is 0 Å². The summed E-state index contributed by atoms with van der Waals surface area (Å²) < 4.78 is 5.18. The van der Waals surface area contributed by atoms with Gasteiger partial charge in [-0.3, -0.25) is 9.78 Å². The maximum absolute atomic E-state index is 11.9. The first-order valence-corrected chi connectivity index (χ1v) is 7.35. The summed E-state index contributed by atoms with van der Waals surface area (Å²) in [5.74, 6) is 0.983. The average Bonchev–Trinajstić information content (AvgIpc) is 3.02. The van der Waals surface area contributed by atoms with Crippen molar-refractivity contribution in [3.63, 3.8) is 0 Å². The second-order valence-electron chi connectivity index (χ2n) is 5.06. The Kier molecular flexibility index (Phi) is 4.73. The number of amides is 1. The third-order valence-electron chi connectivity index (χ3n) is 3.23. The molecule has 0 aliphatic rings. The van der Waals surface area contributed by atoms with E-state index in [1.165, 1.54) is 0 Å². The number of carbonyl (C=O) groups is 1. The van der Waals surface area contributed by atoms with Gasteiger partial charge < -0.3 is 9.84 Å². The van der Waals surface area contributed by atoms with E-state index in [2.05, 4.69) is 20.4 Å². The predicted molar refractivity (Wildman–Crippen MR) is 84.7 cm³/mol. The molecule has 3 rings (SSSR count). The number of rotatable bonds is 6. The lowest BCUT2D eigenvalue weighted by molar-refractivity contribution is -0.116. The van der Waals surface area contributed by atoms with Crippen LogP contribution in [0.25, 0.3) is 0 Å². The van der Waals surface area contributed by atoms with E-state index < -0.39 is 0 Å². The number of hydrogen-bond donors (Lipinski definition) is 1. The molecule has 0 aliphatic heterocycles. The standard InChI is InChI=1S/C17H16N4O2/c22-16(19-14-7-4-10-18-12-14)8-9-17-20-15(21-23-17)11-13-5-2-1-3-6-13/h1-7,10,12H,8-9,11H2,(H,19,22). The van der Waals surface area contributed by atoms with Crippen molar-refractivity contribution in [2.45, 2.75) is 19.3 Å². The smallest absolute Gasteiger partial charge is 0.227 e. The Bertz CT molecular complexity index is 757. The van der Waals surface area contributed by atoms with E-state index in [1.54, 1.807) is 24.5 Å². The number of aryl methyl sites for hydroxylation is 1. The van der Waals surface area contributed by atoms with Crippen LogP contribution in [-0.4, -0.2) is 21.0 Å². The van der Waals surface area contributed by atoms with Crippen LogP contribution in [0.1, 0.15) is 23.7 Å². The molecule has 0 saturated carbocycles. The molecular formula is C17H16N4O2. The van der Waals surface area contributed by atoms with Gasteiger partial charge in [0.05, 0.1) is 11.9 Å². The normalized spacial score (nSPS) is 10.4. The molecule has 2 heterocycles. The SMILES string of the molecule is O=C(CCc1nc(Cc2ccccc2)no1)Nc1cccnc1. The van der Waals surface area contributed by atoms with Crippen LogP contribution >= 0.6 is 0 Å². The first-order valence-electron chi connectivity index (χ1n) is 7.35. The summed E-state index contributed by atoms with van der Waals surface area (Å²) in [5.41, 5.74) is 1.79. The summed E-state index contributed by atoms with van der Waals surface area (Å²) in [7, 11) is 0. The van der Waals surface area contributed by atoms with E-state index in [-0.39, 0.29) is 12.3 Å². The number of anilines is 1. The maximum Gasteiger partial charge on any atom is 0.227 e. The Labute approximate surface area is 133 Å². The van der Waals surface area contributed by atoms with Gasteiger partial charge in [0.25, 0.3) is 0 Å². The summed E-state index contributed by atoms with van der Waals surface area (Å²) in [6, 6.07) is 13.5. The van der Waals surface area contributed by atoms with E-state index in [1.807, 2.05) is 30.3 Å². The third-order valence-corrected chi connectivity index (χ3v) is 3.23. The van der Waals surface area contributed by atoms with Crippen molar-refractivity contribution in [1.82, 2.24) is 15.1 Å². The van der Waals surface area contributed by atoms with Gasteiger partial charge in [0.2, 0.25) is 11.8 Å². The maximum atomic E-state index is 11.9. The number of carbonyl (C=O) groups excluding carboxylic acids is 1. The van der Waals surface area contributed by atoms with E-state index in [9.17, 15) is 4.79 Å². The minimum atomic E-state index is -0.110. The minimum absolute atomic E-state index is 0.110. The van der Waals surface area contributed by atoms with Crippen molar-refractivity contribution < 1.29 is 9.32 Å². The van der Waals surface area contributed by atoms with E-state index in [4.69, 9.17) is 4.52 Å². The lowest BCUT2D eigenvalue weighted by Gasteiger charge is -2.02. The lowest BCUT2D eigenvalue weighted by atomic mass is 10.1. The van der Waals surface area contributed by atoms with Crippen LogP contribution in [0, 0.1) is 0 Å². The van der Waals surface area contributed by atoms with Crippen LogP contribution in [0.3, 0.4) is 0 Å². The third kappa shape index (κ3) is 4.47.